The smallest absolute Gasteiger partial charge is 0.126 e. The molecule has 0 amide bonds. The van der Waals surface area contributed by atoms with Crippen molar-refractivity contribution in [1.82, 2.24) is 9.97 Å². The van der Waals surface area contributed by atoms with Crippen LogP contribution in [0.3, 0.4) is 0 Å². The fourth-order valence-corrected chi connectivity index (χ4v) is 1.30. The minimum Gasteiger partial charge on any atom is -0.348 e. The van der Waals surface area contributed by atoms with E-state index >= 15 is 0 Å². The van der Waals surface area contributed by atoms with Crippen LogP contribution >= 0.6 is 0 Å². The lowest BCUT2D eigenvalue weighted by molar-refractivity contribution is 0.580. The van der Waals surface area contributed by atoms with Crippen molar-refractivity contribution in [2.45, 2.75) is 6.42 Å². The molecule has 1 N–H and O–H groups in total. The number of hydrogen-bond donors (Lipinski definition) is 1. The summed E-state index contributed by atoms with van der Waals surface area (Å²) in [6.07, 6.45) is 3.68. The van der Waals surface area contributed by atoms with Gasteiger partial charge in [0.15, 0.2) is 0 Å². The lowest BCUT2D eigenvalue weighted by Gasteiger charge is -1.99. The summed E-state index contributed by atoms with van der Waals surface area (Å²) in [5.41, 5.74) is 0.567. The molecule has 0 bridgehead atoms. The topological polar surface area (TPSA) is 28.7 Å². The molecule has 0 aliphatic carbocycles. The Hall–Kier alpha value is -1.71. The normalized spacial score (nSPS) is 10.4. The van der Waals surface area contributed by atoms with Crippen LogP contribution in [-0.2, 0) is 6.42 Å². The fourth-order valence-electron chi connectivity index (χ4n) is 1.30. The van der Waals surface area contributed by atoms with Gasteiger partial charge < -0.3 is 4.98 Å². The van der Waals surface area contributed by atoms with Gasteiger partial charge >= 0.3 is 0 Å². The molecule has 0 saturated heterocycles. The number of nitrogens with one attached hydrogen (secondary N) is 1. The minimum atomic E-state index is -0.563. The largest absolute Gasteiger partial charge is 0.348 e. The van der Waals surface area contributed by atoms with Crippen molar-refractivity contribution in [2.24, 2.45) is 0 Å². The molecule has 0 atom stereocenters. The predicted octanol–water partition coefficient (Wildman–Crippen LogP) is 2.28. The van der Waals surface area contributed by atoms with Crippen molar-refractivity contribution in [3.8, 4) is 0 Å². The molecule has 0 radical (unpaired) electrons. The molecule has 0 fully saturated rings. The fraction of sp³-hybridized carbons (Fsp3) is 0.100. The molecule has 1 aromatic carbocycles. The average molecular weight is 194 g/mol. The first kappa shape index (κ1) is 8.87. The van der Waals surface area contributed by atoms with Crippen LogP contribution in [-0.4, -0.2) is 9.97 Å². The van der Waals surface area contributed by atoms with Gasteiger partial charge in [-0.15, -0.1) is 0 Å². The zero-order valence-electron chi connectivity index (χ0n) is 7.30. The van der Waals surface area contributed by atoms with E-state index in [9.17, 15) is 8.78 Å². The minimum absolute atomic E-state index is 0.404. The van der Waals surface area contributed by atoms with E-state index in [-0.39, 0.29) is 0 Å². The Morgan fingerprint density at radius 1 is 1.14 bits per heavy atom. The summed E-state index contributed by atoms with van der Waals surface area (Å²) >= 11 is 0. The van der Waals surface area contributed by atoms with Gasteiger partial charge in [0.1, 0.15) is 17.5 Å². The Labute approximate surface area is 79.6 Å². The molecular formula is C10H8F2N2. The molecule has 2 aromatic rings. The Morgan fingerprint density at radius 3 is 2.43 bits per heavy atom. The van der Waals surface area contributed by atoms with Gasteiger partial charge in [-0.25, -0.2) is 13.8 Å². The summed E-state index contributed by atoms with van der Waals surface area (Å²) in [5.74, 6) is -0.437. The van der Waals surface area contributed by atoms with Crippen LogP contribution in [0, 0.1) is 11.6 Å². The zero-order chi connectivity index (χ0) is 9.97. The van der Waals surface area contributed by atoms with Crippen LogP contribution in [0.15, 0.2) is 30.6 Å². The van der Waals surface area contributed by atoms with E-state index in [1.54, 1.807) is 12.4 Å². The van der Waals surface area contributed by atoms with Crippen LogP contribution in [0.1, 0.15) is 11.4 Å². The number of H-pyrrole nitrogens is 1. The molecule has 0 unspecified atom stereocenters. The third-order valence-corrected chi connectivity index (χ3v) is 1.85. The highest BCUT2D eigenvalue weighted by Gasteiger charge is 2.02. The molecule has 1 aromatic heterocycles. The van der Waals surface area contributed by atoms with E-state index in [4.69, 9.17) is 0 Å². The zero-order valence-corrected chi connectivity index (χ0v) is 7.30. The highest BCUT2D eigenvalue weighted by Crippen LogP contribution is 2.10. The number of halogens is 2. The third-order valence-electron chi connectivity index (χ3n) is 1.85. The second kappa shape index (κ2) is 3.57. The highest BCUT2D eigenvalue weighted by molar-refractivity contribution is 5.21. The molecule has 0 aliphatic rings. The first-order chi connectivity index (χ1) is 6.74. The number of hydrogen-bond acceptors (Lipinski definition) is 1. The van der Waals surface area contributed by atoms with Crippen LogP contribution in [0.25, 0.3) is 0 Å². The van der Waals surface area contributed by atoms with Gasteiger partial charge in [0.2, 0.25) is 0 Å². The second-order valence-electron chi connectivity index (χ2n) is 2.99. The third kappa shape index (κ3) is 1.96. The van der Waals surface area contributed by atoms with E-state index in [2.05, 4.69) is 9.97 Å². The molecular weight excluding hydrogens is 186 g/mol. The number of benzene rings is 1. The van der Waals surface area contributed by atoms with Gasteiger partial charge in [-0.2, -0.15) is 0 Å². The Kier molecular flexibility index (Phi) is 2.26. The second-order valence-corrected chi connectivity index (χ2v) is 2.99. The van der Waals surface area contributed by atoms with E-state index < -0.39 is 11.6 Å². The van der Waals surface area contributed by atoms with Crippen molar-refractivity contribution in [3.05, 3.63) is 53.6 Å². The highest BCUT2D eigenvalue weighted by atomic mass is 19.1. The van der Waals surface area contributed by atoms with Crippen LogP contribution in [0.5, 0.6) is 0 Å². The van der Waals surface area contributed by atoms with Gasteiger partial charge in [0, 0.05) is 24.9 Å². The lowest BCUT2D eigenvalue weighted by Crippen LogP contribution is -1.92. The molecule has 0 aliphatic heterocycles. The number of imidazole rings is 1. The molecule has 1 heterocycles. The Bertz CT molecular complexity index is 403. The summed E-state index contributed by atoms with van der Waals surface area (Å²) in [5, 5.41) is 0. The maximum atomic E-state index is 12.8. The molecule has 0 saturated carbocycles. The Morgan fingerprint density at radius 2 is 1.86 bits per heavy atom. The number of aromatic nitrogens is 2. The monoisotopic (exact) mass is 194 g/mol. The summed E-state index contributed by atoms with van der Waals surface area (Å²) < 4.78 is 25.6. The van der Waals surface area contributed by atoms with Crippen molar-refractivity contribution >= 4 is 0 Å². The van der Waals surface area contributed by atoms with Crippen molar-refractivity contribution in [2.75, 3.05) is 0 Å². The van der Waals surface area contributed by atoms with Gasteiger partial charge in [-0.1, -0.05) is 0 Å². The van der Waals surface area contributed by atoms with E-state index in [1.807, 2.05) is 0 Å². The summed E-state index contributed by atoms with van der Waals surface area (Å²) in [4.78, 5) is 6.84. The molecule has 0 spiro atoms. The van der Waals surface area contributed by atoms with Crippen LogP contribution < -0.4 is 0 Å². The van der Waals surface area contributed by atoms with Crippen molar-refractivity contribution < 1.29 is 8.78 Å². The maximum Gasteiger partial charge on any atom is 0.126 e. The van der Waals surface area contributed by atoms with E-state index in [1.165, 1.54) is 12.1 Å². The average Bonchev–Trinajstić information content (AvgIpc) is 2.54. The summed E-state index contributed by atoms with van der Waals surface area (Å²) in [6.45, 7) is 0. The van der Waals surface area contributed by atoms with Gasteiger partial charge in [-0.05, 0) is 17.7 Å². The van der Waals surface area contributed by atoms with Crippen LogP contribution in [0.2, 0.25) is 0 Å². The Balaban J connectivity index is 2.25. The van der Waals surface area contributed by atoms with E-state index in [0.29, 0.717) is 17.8 Å². The van der Waals surface area contributed by atoms with Gasteiger partial charge in [0.05, 0.1) is 0 Å². The molecule has 4 heteroatoms. The maximum absolute atomic E-state index is 12.8. The molecule has 14 heavy (non-hydrogen) atoms. The number of rotatable bonds is 2. The number of nitrogens with zero attached hydrogens (tertiary/aromatic N) is 1. The van der Waals surface area contributed by atoms with Crippen LogP contribution in [0.4, 0.5) is 8.78 Å². The van der Waals surface area contributed by atoms with Gasteiger partial charge in [-0.3, -0.25) is 0 Å². The first-order valence-corrected chi connectivity index (χ1v) is 4.17. The molecule has 2 rings (SSSR count). The number of aromatic amines is 1. The molecule has 2 nitrogen and oxygen atoms in total. The van der Waals surface area contributed by atoms with Gasteiger partial charge in [0.25, 0.3) is 0 Å². The van der Waals surface area contributed by atoms with Crippen molar-refractivity contribution in [3.63, 3.8) is 0 Å². The predicted molar refractivity (Wildman–Crippen MR) is 47.8 cm³/mol. The SMILES string of the molecule is Fc1cc(F)cc(Cc2ncc[nH]2)c1. The summed E-state index contributed by atoms with van der Waals surface area (Å²) in [7, 11) is 0. The molecule has 72 valence electrons. The quantitative estimate of drug-likeness (QED) is 0.780. The summed E-state index contributed by atoms with van der Waals surface area (Å²) in [6, 6.07) is 3.45. The van der Waals surface area contributed by atoms with E-state index in [0.717, 1.165) is 6.07 Å². The van der Waals surface area contributed by atoms with Crippen molar-refractivity contribution in [1.29, 1.82) is 0 Å². The standard InChI is InChI=1S/C10H8F2N2/c11-8-3-7(4-9(12)6-8)5-10-13-1-2-14-10/h1-4,6H,5H2,(H,13,14). The first-order valence-electron chi connectivity index (χ1n) is 4.17. The lowest BCUT2D eigenvalue weighted by atomic mass is 10.1.